The summed E-state index contributed by atoms with van der Waals surface area (Å²) in [4.78, 5) is 33.1. The number of carbonyl (C=O) groups is 2. The van der Waals surface area contributed by atoms with Crippen LogP contribution in [-0.4, -0.2) is 63.0 Å². The van der Waals surface area contributed by atoms with Crippen LogP contribution in [0.15, 0.2) is 54.9 Å². The molecular formula is C22H23N5O2. The summed E-state index contributed by atoms with van der Waals surface area (Å²) in [5.41, 5.74) is 3.96. The molecule has 0 radical (unpaired) electrons. The van der Waals surface area contributed by atoms with Crippen LogP contribution in [0, 0.1) is 0 Å². The van der Waals surface area contributed by atoms with Gasteiger partial charge in [0.15, 0.2) is 0 Å². The highest BCUT2D eigenvalue weighted by Crippen LogP contribution is 2.18. The standard InChI is InChI=1S/C22H23N5O2/c1-2-16-3-5-18(6-4-16)21(28)26-11-13-27(14-12-26)22(29)20-15-19(24-25-20)17-7-9-23-10-8-17/h3-10,15H,2,11-14H2,1H3,(H,24,25). The predicted octanol–water partition coefficient (Wildman–Crippen LogP) is 2.63. The number of carbonyl (C=O) groups excluding carboxylic acids is 2. The second-order valence-corrected chi connectivity index (χ2v) is 7.04. The van der Waals surface area contributed by atoms with Crippen molar-refractivity contribution in [3.05, 3.63) is 71.7 Å². The maximum Gasteiger partial charge on any atom is 0.272 e. The fraction of sp³-hybridized carbons (Fsp3) is 0.273. The summed E-state index contributed by atoms with van der Waals surface area (Å²) in [6.07, 6.45) is 4.33. The monoisotopic (exact) mass is 389 g/mol. The average molecular weight is 389 g/mol. The Morgan fingerprint density at radius 1 is 0.931 bits per heavy atom. The van der Waals surface area contributed by atoms with Crippen molar-refractivity contribution in [2.45, 2.75) is 13.3 Å². The van der Waals surface area contributed by atoms with E-state index in [9.17, 15) is 9.59 Å². The lowest BCUT2D eigenvalue weighted by Crippen LogP contribution is -2.50. The van der Waals surface area contributed by atoms with Gasteiger partial charge in [-0.3, -0.25) is 19.7 Å². The van der Waals surface area contributed by atoms with Crippen LogP contribution >= 0.6 is 0 Å². The highest BCUT2D eigenvalue weighted by atomic mass is 16.2. The molecule has 0 saturated carbocycles. The highest BCUT2D eigenvalue weighted by Gasteiger charge is 2.26. The van der Waals surface area contributed by atoms with Gasteiger partial charge in [-0.25, -0.2) is 0 Å². The van der Waals surface area contributed by atoms with Gasteiger partial charge in [0.1, 0.15) is 5.69 Å². The molecule has 1 fully saturated rings. The van der Waals surface area contributed by atoms with Crippen molar-refractivity contribution in [3.8, 4) is 11.3 Å². The summed E-state index contributed by atoms with van der Waals surface area (Å²) in [5.74, 6) is -0.0848. The molecule has 0 aliphatic carbocycles. The van der Waals surface area contributed by atoms with E-state index in [-0.39, 0.29) is 11.8 Å². The van der Waals surface area contributed by atoms with Crippen LogP contribution < -0.4 is 0 Å². The van der Waals surface area contributed by atoms with Gasteiger partial charge in [-0.15, -0.1) is 0 Å². The van der Waals surface area contributed by atoms with Gasteiger partial charge >= 0.3 is 0 Å². The third-order valence-electron chi connectivity index (χ3n) is 5.25. The number of benzene rings is 1. The Bertz CT molecular complexity index is 990. The number of amides is 2. The maximum atomic E-state index is 12.8. The molecule has 1 aliphatic heterocycles. The first-order valence-electron chi connectivity index (χ1n) is 9.79. The lowest BCUT2D eigenvalue weighted by Gasteiger charge is -2.34. The summed E-state index contributed by atoms with van der Waals surface area (Å²) < 4.78 is 0. The van der Waals surface area contributed by atoms with Gasteiger partial charge in [0.2, 0.25) is 0 Å². The Balaban J connectivity index is 1.37. The van der Waals surface area contributed by atoms with Gasteiger partial charge in [0.25, 0.3) is 11.8 Å². The normalized spacial score (nSPS) is 14.1. The SMILES string of the molecule is CCc1ccc(C(=O)N2CCN(C(=O)c3cc(-c4ccncc4)n[nH]3)CC2)cc1. The van der Waals surface area contributed by atoms with Crippen LogP contribution in [-0.2, 0) is 6.42 Å². The van der Waals surface area contributed by atoms with Crippen LogP contribution in [0.3, 0.4) is 0 Å². The summed E-state index contributed by atoms with van der Waals surface area (Å²) >= 11 is 0. The molecule has 7 heteroatoms. The van der Waals surface area contributed by atoms with E-state index in [0.29, 0.717) is 43.1 Å². The van der Waals surface area contributed by atoms with Crippen molar-refractivity contribution >= 4 is 11.8 Å². The van der Waals surface area contributed by atoms with Crippen LogP contribution in [0.25, 0.3) is 11.3 Å². The van der Waals surface area contributed by atoms with Gasteiger partial charge in [0, 0.05) is 49.7 Å². The Hall–Kier alpha value is -3.48. The Morgan fingerprint density at radius 2 is 1.55 bits per heavy atom. The van der Waals surface area contributed by atoms with Crippen molar-refractivity contribution < 1.29 is 9.59 Å². The first-order chi connectivity index (χ1) is 14.2. The zero-order valence-electron chi connectivity index (χ0n) is 16.3. The van der Waals surface area contributed by atoms with E-state index in [1.165, 1.54) is 5.56 Å². The maximum absolute atomic E-state index is 12.8. The van der Waals surface area contributed by atoms with Crippen LogP contribution in [0.5, 0.6) is 0 Å². The topological polar surface area (TPSA) is 82.2 Å². The third kappa shape index (κ3) is 4.03. The van der Waals surface area contributed by atoms with Crippen molar-refractivity contribution in [1.82, 2.24) is 25.0 Å². The molecule has 0 atom stereocenters. The van der Waals surface area contributed by atoms with Gasteiger partial charge in [-0.1, -0.05) is 19.1 Å². The van der Waals surface area contributed by atoms with Crippen molar-refractivity contribution in [2.24, 2.45) is 0 Å². The molecule has 1 saturated heterocycles. The summed E-state index contributed by atoms with van der Waals surface area (Å²) in [6.45, 7) is 4.13. The number of aryl methyl sites for hydroxylation is 1. The molecule has 0 unspecified atom stereocenters. The van der Waals surface area contributed by atoms with Crippen LogP contribution in [0.1, 0.15) is 33.3 Å². The zero-order valence-corrected chi connectivity index (χ0v) is 16.3. The number of H-pyrrole nitrogens is 1. The van der Waals surface area contributed by atoms with E-state index in [4.69, 9.17) is 0 Å². The molecule has 0 bridgehead atoms. The summed E-state index contributed by atoms with van der Waals surface area (Å²) in [5, 5.41) is 7.06. The number of rotatable bonds is 4. The van der Waals surface area contributed by atoms with Crippen molar-refractivity contribution in [3.63, 3.8) is 0 Å². The predicted molar refractivity (Wildman–Crippen MR) is 109 cm³/mol. The van der Waals surface area contributed by atoms with E-state index >= 15 is 0 Å². The first-order valence-corrected chi connectivity index (χ1v) is 9.79. The van der Waals surface area contributed by atoms with Gasteiger partial charge in [0.05, 0.1) is 5.69 Å². The quantitative estimate of drug-likeness (QED) is 0.744. The fourth-order valence-electron chi connectivity index (χ4n) is 3.45. The second kappa shape index (κ2) is 8.26. The molecule has 29 heavy (non-hydrogen) atoms. The molecule has 2 amide bonds. The van der Waals surface area contributed by atoms with Crippen LogP contribution in [0.2, 0.25) is 0 Å². The molecule has 3 heterocycles. The minimum absolute atomic E-state index is 0.0151. The lowest BCUT2D eigenvalue weighted by molar-refractivity contribution is 0.0532. The number of hydrogen-bond donors (Lipinski definition) is 1. The average Bonchev–Trinajstić information content (AvgIpc) is 3.29. The Morgan fingerprint density at radius 3 is 2.17 bits per heavy atom. The largest absolute Gasteiger partial charge is 0.335 e. The number of aromatic amines is 1. The third-order valence-corrected chi connectivity index (χ3v) is 5.25. The van der Waals surface area contributed by atoms with Crippen LogP contribution in [0.4, 0.5) is 0 Å². The van der Waals surface area contributed by atoms with E-state index in [1.54, 1.807) is 28.3 Å². The number of piperazine rings is 1. The van der Waals surface area contributed by atoms with Gasteiger partial charge < -0.3 is 9.80 Å². The number of aromatic nitrogens is 3. The fourth-order valence-corrected chi connectivity index (χ4v) is 3.45. The lowest BCUT2D eigenvalue weighted by atomic mass is 10.1. The number of pyridine rings is 1. The molecular weight excluding hydrogens is 366 g/mol. The smallest absolute Gasteiger partial charge is 0.272 e. The molecule has 1 N–H and O–H groups in total. The number of nitrogens with zero attached hydrogens (tertiary/aromatic N) is 4. The number of nitrogens with one attached hydrogen (secondary N) is 1. The van der Waals surface area contributed by atoms with E-state index in [2.05, 4.69) is 22.1 Å². The second-order valence-electron chi connectivity index (χ2n) is 7.04. The molecule has 4 rings (SSSR count). The van der Waals surface area contributed by atoms with Crippen molar-refractivity contribution in [2.75, 3.05) is 26.2 Å². The van der Waals surface area contributed by atoms with Crippen molar-refractivity contribution in [1.29, 1.82) is 0 Å². The zero-order chi connectivity index (χ0) is 20.2. The Labute approximate surface area is 169 Å². The van der Waals surface area contributed by atoms with Gasteiger partial charge in [-0.2, -0.15) is 5.10 Å². The highest BCUT2D eigenvalue weighted by molar-refractivity contribution is 5.95. The minimum atomic E-state index is -0.0998. The van der Waals surface area contributed by atoms with Gasteiger partial charge in [-0.05, 0) is 42.3 Å². The molecule has 2 aromatic heterocycles. The Kier molecular flexibility index (Phi) is 5.37. The first kappa shape index (κ1) is 18.9. The minimum Gasteiger partial charge on any atom is -0.335 e. The molecule has 1 aliphatic rings. The summed E-state index contributed by atoms with van der Waals surface area (Å²) in [7, 11) is 0. The molecule has 3 aromatic rings. The van der Waals surface area contributed by atoms with E-state index in [0.717, 1.165) is 12.0 Å². The van der Waals surface area contributed by atoms with E-state index < -0.39 is 0 Å². The number of hydrogen-bond acceptors (Lipinski definition) is 4. The summed E-state index contributed by atoms with van der Waals surface area (Å²) in [6, 6.07) is 13.2. The molecule has 148 valence electrons. The molecule has 1 aromatic carbocycles. The molecule has 7 nitrogen and oxygen atoms in total. The molecule has 0 spiro atoms. The van der Waals surface area contributed by atoms with E-state index in [1.807, 2.05) is 36.4 Å².